The standard InChI is InChI=1S/C20H24N4O/c1-3-22-13-6-14-24-18-8-5-4-7-17(18)23-19(24)15-9-11-16(12-10-15)20(25)21-2/h4-5,7-12,22H,3,6,13-14H2,1-2H3,(H,21,25). The summed E-state index contributed by atoms with van der Waals surface area (Å²) in [7, 11) is 1.64. The fourth-order valence-corrected chi connectivity index (χ4v) is 2.98. The van der Waals surface area contributed by atoms with E-state index in [0.717, 1.165) is 48.5 Å². The van der Waals surface area contributed by atoms with Crippen LogP contribution in [0.3, 0.4) is 0 Å². The average molecular weight is 336 g/mol. The van der Waals surface area contributed by atoms with Gasteiger partial charge in [-0.05, 0) is 43.8 Å². The van der Waals surface area contributed by atoms with Crippen LogP contribution < -0.4 is 10.6 Å². The van der Waals surface area contributed by atoms with E-state index in [9.17, 15) is 4.79 Å². The topological polar surface area (TPSA) is 59.0 Å². The number of hydrogen-bond donors (Lipinski definition) is 2. The van der Waals surface area contributed by atoms with Crippen LogP contribution in [0.2, 0.25) is 0 Å². The zero-order valence-electron chi connectivity index (χ0n) is 14.7. The number of imidazole rings is 1. The van der Waals surface area contributed by atoms with E-state index in [1.165, 1.54) is 0 Å². The molecule has 1 aromatic heterocycles. The van der Waals surface area contributed by atoms with Crippen molar-refractivity contribution in [3.63, 3.8) is 0 Å². The van der Waals surface area contributed by atoms with E-state index in [1.807, 2.05) is 42.5 Å². The van der Waals surface area contributed by atoms with E-state index in [1.54, 1.807) is 7.05 Å². The molecule has 2 N–H and O–H groups in total. The van der Waals surface area contributed by atoms with Gasteiger partial charge in [-0.3, -0.25) is 4.79 Å². The molecule has 1 heterocycles. The first-order chi connectivity index (χ1) is 12.2. The average Bonchev–Trinajstić information content (AvgIpc) is 3.03. The summed E-state index contributed by atoms with van der Waals surface area (Å²) in [6.45, 7) is 4.99. The second kappa shape index (κ2) is 7.94. The number of nitrogens with zero attached hydrogens (tertiary/aromatic N) is 2. The van der Waals surface area contributed by atoms with Gasteiger partial charge in [-0.15, -0.1) is 0 Å². The largest absolute Gasteiger partial charge is 0.355 e. The predicted octanol–water partition coefficient (Wildman–Crippen LogP) is 3.06. The van der Waals surface area contributed by atoms with Crippen LogP contribution in [0.25, 0.3) is 22.4 Å². The Balaban J connectivity index is 1.95. The maximum Gasteiger partial charge on any atom is 0.251 e. The monoisotopic (exact) mass is 336 g/mol. The SMILES string of the molecule is CCNCCCn1c(-c2ccc(C(=O)NC)cc2)nc2ccccc21. The normalized spacial score (nSPS) is 11.0. The molecular formula is C20H24N4O. The van der Waals surface area contributed by atoms with Crippen molar-refractivity contribution in [2.45, 2.75) is 19.9 Å². The summed E-state index contributed by atoms with van der Waals surface area (Å²) in [5.74, 6) is 0.867. The lowest BCUT2D eigenvalue weighted by molar-refractivity contribution is 0.0963. The van der Waals surface area contributed by atoms with Crippen molar-refractivity contribution in [1.82, 2.24) is 20.2 Å². The van der Waals surface area contributed by atoms with Crippen molar-refractivity contribution >= 4 is 16.9 Å². The number of aryl methyl sites for hydroxylation is 1. The van der Waals surface area contributed by atoms with Gasteiger partial charge in [0.1, 0.15) is 5.82 Å². The minimum absolute atomic E-state index is 0.0781. The lowest BCUT2D eigenvalue weighted by atomic mass is 10.1. The molecule has 3 rings (SSSR count). The van der Waals surface area contributed by atoms with Crippen LogP contribution in [0.4, 0.5) is 0 Å². The van der Waals surface area contributed by atoms with E-state index in [-0.39, 0.29) is 5.91 Å². The van der Waals surface area contributed by atoms with Gasteiger partial charge in [0.25, 0.3) is 5.91 Å². The minimum atomic E-state index is -0.0781. The first kappa shape index (κ1) is 17.2. The molecule has 0 aliphatic carbocycles. The van der Waals surface area contributed by atoms with Gasteiger partial charge in [0.15, 0.2) is 0 Å². The Morgan fingerprint density at radius 2 is 1.88 bits per heavy atom. The summed E-state index contributed by atoms with van der Waals surface area (Å²) in [5, 5.41) is 6.01. The number of carbonyl (C=O) groups excluding carboxylic acids is 1. The highest BCUT2D eigenvalue weighted by Gasteiger charge is 2.13. The molecule has 130 valence electrons. The van der Waals surface area contributed by atoms with E-state index >= 15 is 0 Å². The maximum atomic E-state index is 11.7. The van der Waals surface area contributed by atoms with Crippen LogP contribution >= 0.6 is 0 Å². The summed E-state index contributed by atoms with van der Waals surface area (Å²) >= 11 is 0. The molecule has 0 aliphatic rings. The molecule has 0 aliphatic heterocycles. The molecule has 2 aromatic carbocycles. The molecule has 25 heavy (non-hydrogen) atoms. The van der Waals surface area contributed by atoms with Gasteiger partial charge in [-0.2, -0.15) is 0 Å². The van der Waals surface area contributed by atoms with Gasteiger partial charge in [0, 0.05) is 24.7 Å². The van der Waals surface area contributed by atoms with Crippen molar-refractivity contribution in [3.05, 3.63) is 54.1 Å². The fraction of sp³-hybridized carbons (Fsp3) is 0.300. The number of benzene rings is 2. The third kappa shape index (κ3) is 3.72. The van der Waals surface area contributed by atoms with Crippen LogP contribution in [-0.2, 0) is 6.54 Å². The van der Waals surface area contributed by atoms with Crippen LogP contribution in [0.1, 0.15) is 23.7 Å². The molecule has 0 unspecified atom stereocenters. The van der Waals surface area contributed by atoms with Crippen molar-refractivity contribution in [1.29, 1.82) is 0 Å². The number of hydrogen-bond acceptors (Lipinski definition) is 3. The summed E-state index contributed by atoms with van der Waals surface area (Å²) < 4.78 is 2.27. The molecule has 0 bridgehead atoms. The molecule has 3 aromatic rings. The van der Waals surface area contributed by atoms with Crippen LogP contribution in [0.15, 0.2) is 48.5 Å². The van der Waals surface area contributed by atoms with E-state index in [4.69, 9.17) is 4.98 Å². The lowest BCUT2D eigenvalue weighted by Gasteiger charge is -2.10. The second-order valence-corrected chi connectivity index (χ2v) is 5.94. The highest BCUT2D eigenvalue weighted by Crippen LogP contribution is 2.25. The number of amides is 1. The van der Waals surface area contributed by atoms with Gasteiger partial charge >= 0.3 is 0 Å². The summed E-state index contributed by atoms with van der Waals surface area (Å²) in [6, 6.07) is 15.8. The molecule has 0 radical (unpaired) electrons. The number of carbonyl (C=O) groups is 1. The Morgan fingerprint density at radius 1 is 1.12 bits per heavy atom. The molecule has 0 atom stereocenters. The molecule has 0 saturated heterocycles. The fourth-order valence-electron chi connectivity index (χ4n) is 2.98. The van der Waals surface area contributed by atoms with Gasteiger partial charge < -0.3 is 15.2 Å². The van der Waals surface area contributed by atoms with Gasteiger partial charge in [0.05, 0.1) is 11.0 Å². The molecule has 5 heteroatoms. The number of nitrogens with one attached hydrogen (secondary N) is 2. The number of rotatable bonds is 7. The summed E-state index contributed by atoms with van der Waals surface area (Å²) in [4.78, 5) is 16.6. The minimum Gasteiger partial charge on any atom is -0.355 e. The second-order valence-electron chi connectivity index (χ2n) is 5.94. The maximum absolute atomic E-state index is 11.7. The summed E-state index contributed by atoms with van der Waals surface area (Å²) in [6.07, 6.45) is 1.04. The molecule has 1 amide bonds. The zero-order chi connectivity index (χ0) is 17.6. The van der Waals surface area contributed by atoms with Crippen molar-refractivity contribution in [2.24, 2.45) is 0 Å². The van der Waals surface area contributed by atoms with Crippen LogP contribution in [-0.4, -0.2) is 35.6 Å². The molecule has 0 fully saturated rings. The Bertz CT molecular complexity index is 852. The third-order valence-corrected chi connectivity index (χ3v) is 4.27. The number of aromatic nitrogens is 2. The first-order valence-corrected chi connectivity index (χ1v) is 8.73. The zero-order valence-corrected chi connectivity index (χ0v) is 14.7. The van der Waals surface area contributed by atoms with Gasteiger partial charge in [-0.25, -0.2) is 4.98 Å². The molecule has 5 nitrogen and oxygen atoms in total. The summed E-state index contributed by atoms with van der Waals surface area (Å²) in [5.41, 5.74) is 3.81. The Kier molecular flexibility index (Phi) is 5.46. The molecule has 0 saturated carbocycles. The molecular weight excluding hydrogens is 312 g/mol. The van der Waals surface area contributed by atoms with Gasteiger partial charge in [-0.1, -0.05) is 31.2 Å². The molecule has 0 spiro atoms. The predicted molar refractivity (Wildman–Crippen MR) is 102 cm³/mol. The number of fused-ring (bicyclic) bond motifs is 1. The van der Waals surface area contributed by atoms with Crippen LogP contribution in [0.5, 0.6) is 0 Å². The highest BCUT2D eigenvalue weighted by atomic mass is 16.1. The Morgan fingerprint density at radius 3 is 2.60 bits per heavy atom. The van der Waals surface area contributed by atoms with E-state index < -0.39 is 0 Å². The first-order valence-electron chi connectivity index (χ1n) is 8.73. The smallest absolute Gasteiger partial charge is 0.251 e. The van der Waals surface area contributed by atoms with Crippen molar-refractivity contribution in [3.8, 4) is 11.4 Å². The van der Waals surface area contributed by atoms with E-state index in [0.29, 0.717) is 5.56 Å². The lowest BCUT2D eigenvalue weighted by Crippen LogP contribution is -2.17. The Hall–Kier alpha value is -2.66. The van der Waals surface area contributed by atoms with Crippen molar-refractivity contribution in [2.75, 3.05) is 20.1 Å². The quantitative estimate of drug-likeness (QED) is 0.652. The third-order valence-electron chi connectivity index (χ3n) is 4.27. The van der Waals surface area contributed by atoms with E-state index in [2.05, 4.69) is 28.2 Å². The van der Waals surface area contributed by atoms with Crippen LogP contribution in [0, 0.1) is 0 Å². The van der Waals surface area contributed by atoms with Gasteiger partial charge in [0.2, 0.25) is 0 Å². The number of para-hydroxylation sites is 2. The highest BCUT2D eigenvalue weighted by molar-refractivity contribution is 5.94. The Labute approximate surface area is 148 Å². The van der Waals surface area contributed by atoms with Crippen molar-refractivity contribution < 1.29 is 4.79 Å².